The number of nitrogens with zero attached hydrogens (tertiary/aromatic N) is 1. The van der Waals surface area contributed by atoms with Gasteiger partial charge in [-0.1, -0.05) is 30.3 Å². The van der Waals surface area contributed by atoms with Crippen molar-refractivity contribution in [2.24, 2.45) is 5.73 Å². The highest BCUT2D eigenvalue weighted by Crippen LogP contribution is 2.49. The van der Waals surface area contributed by atoms with E-state index in [4.69, 9.17) is 24.7 Å². The van der Waals surface area contributed by atoms with Gasteiger partial charge in [0.05, 0.1) is 27.2 Å². The zero-order valence-corrected chi connectivity index (χ0v) is 18.2. The summed E-state index contributed by atoms with van der Waals surface area (Å²) < 4.78 is 22.2. The van der Waals surface area contributed by atoms with E-state index in [0.717, 1.165) is 5.56 Å². The van der Waals surface area contributed by atoms with E-state index in [2.05, 4.69) is 6.07 Å². The summed E-state index contributed by atoms with van der Waals surface area (Å²) in [7, 11) is 4.55. The Hall–Kier alpha value is -3.92. The van der Waals surface area contributed by atoms with E-state index >= 15 is 0 Å². The lowest BCUT2D eigenvalue weighted by molar-refractivity contribution is -0.117. The van der Waals surface area contributed by atoms with Crippen molar-refractivity contribution in [1.29, 1.82) is 5.26 Å². The highest BCUT2D eigenvalue weighted by Gasteiger charge is 2.41. The average Bonchev–Trinajstić information content (AvgIpc) is 2.82. The van der Waals surface area contributed by atoms with Gasteiger partial charge in [0.15, 0.2) is 17.3 Å². The lowest BCUT2D eigenvalue weighted by Crippen LogP contribution is -2.30. The summed E-state index contributed by atoms with van der Waals surface area (Å²) >= 11 is 0. The molecule has 4 rings (SSSR count). The summed E-state index contributed by atoms with van der Waals surface area (Å²) in [6.45, 7) is 0. The molecule has 1 aliphatic carbocycles. The number of rotatable bonds is 5. The van der Waals surface area contributed by atoms with E-state index in [1.807, 2.05) is 30.3 Å². The third-order valence-electron chi connectivity index (χ3n) is 5.95. The van der Waals surface area contributed by atoms with Crippen LogP contribution in [0.2, 0.25) is 0 Å². The largest absolute Gasteiger partial charge is 0.493 e. The standard InChI is InChI=1S/C25H24N2O5/c1-29-20-11-16(12-21(30-2)24(20)31-3)22-17(13-26)25(27)32-19-10-15(9-18(28)23(19)22)14-7-5-4-6-8-14/h4-8,11-12,15,22H,9-10,27H2,1-3H3/t15-,22+/m0/s1. The predicted octanol–water partition coefficient (Wildman–Crippen LogP) is 3.92. The minimum atomic E-state index is -0.679. The Balaban J connectivity index is 1.85. The van der Waals surface area contributed by atoms with E-state index in [9.17, 15) is 10.1 Å². The Morgan fingerprint density at radius 3 is 2.22 bits per heavy atom. The first kappa shape index (κ1) is 21.3. The topological polar surface area (TPSA) is 104 Å². The van der Waals surface area contributed by atoms with E-state index in [1.165, 1.54) is 21.3 Å². The SMILES string of the molecule is COc1cc([C@@H]2C(C#N)=C(N)OC3=C2C(=O)C[C@H](c2ccccc2)C3)cc(OC)c1OC. The van der Waals surface area contributed by atoms with Crippen LogP contribution < -0.4 is 19.9 Å². The summed E-state index contributed by atoms with van der Waals surface area (Å²) in [5.41, 5.74) is 8.50. The zero-order valence-electron chi connectivity index (χ0n) is 18.2. The van der Waals surface area contributed by atoms with Gasteiger partial charge in [-0.2, -0.15) is 5.26 Å². The lowest BCUT2D eigenvalue weighted by Gasteiger charge is -2.34. The second-order valence-corrected chi connectivity index (χ2v) is 7.66. The molecule has 164 valence electrons. The minimum absolute atomic E-state index is 0.00603. The molecule has 0 radical (unpaired) electrons. The van der Waals surface area contributed by atoms with Crippen molar-refractivity contribution in [3.8, 4) is 23.3 Å². The van der Waals surface area contributed by atoms with Gasteiger partial charge >= 0.3 is 0 Å². The van der Waals surface area contributed by atoms with Crippen LogP contribution in [-0.4, -0.2) is 27.1 Å². The average molecular weight is 432 g/mol. The van der Waals surface area contributed by atoms with Crippen LogP contribution in [0.3, 0.4) is 0 Å². The molecule has 7 heteroatoms. The summed E-state index contributed by atoms with van der Waals surface area (Å²) in [5.74, 6) is 1.03. The molecule has 0 saturated carbocycles. The molecule has 1 heterocycles. The van der Waals surface area contributed by atoms with Crippen LogP contribution in [0.25, 0.3) is 0 Å². The molecule has 0 saturated heterocycles. The van der Waals surface area contributed by atoms with E-state index in [0.29, 0.717) is 47.0 Å². The zero-order chi connectivity index (χ0) is 22.8. The first-order valence-electron chi connectivity index (χ1n) is 10.2. The van der Waals surface area contributed by atoms with Gasteiger partial charge in [-0.25, -0.2) is 0 Å². The first-order chi connectivity index (χ1) is 15.5. The van der Waals surface area contributed by atoms with E-state index < -0.39 is 5.92 Å². The molecule has 2 atom stereocenters. The van der Waals surface area contributed by atoms with Crippen molar-refractivity contribution in [3.63, 3.8) is 0 Å². The van der Waals surface area contributed by atoms with Crippen molar-refractivity contribution in [2.45, 2.75) is 24.7 Å². The maximum absolute atomic E-state index is 13.4. The Morgan fingerprint density at radius 2 is 1.66 bits per heavy atom. The normalized spacial score (nSPS) is 20.2. The Bertz CT molecular complexity index is 1140. The third kappa shape index (κ3) is 3.54. The molecule has 2 aliphatic rings. The van der Waals surface area contributed by atoms with Crippen molar-refractivity contribution in [1.82, 2.24) is 0 Å². The molecule has 0 bridgehead atoms. The summed E-state index contributed by atoms with van der Waals surface area (Å²) in [4.78, 5) is 13.4. The first-order valence-corrected chi connectivity index (χ1v) is 10.2. The number of ether oxygens (including phenoxy) is 4. The van der Waals surface area contributed by atoms with Crippen molar-refractivity contribution >= 4 is 5.78 Å². The molecule has 2 aromatic carbocycles. The van der Waals surface area contributed by atoms with Gasteiger partial charge in [0.1, 0.15) is 17.4 Å². The van der Waals surface area contributed by atoms with Gasteiger partial charge in [0, 0.05) is 18.4 Å². The highest BCUT2D eigenvalue weighted by atomic mass is 16.5. The third-order valence-corrected chi connectivity index (χ3v) is 5.95. The highest BCUT2D eigenvalue weighted by molar-refractivity contribution is 6.00. The second-order valence-electron chi connectivity index (χ2n) is 7.66. The number of nitrogens with two attached hydrogens (primary N) is 1. The second kappa shape index (κ2) is 8.67. The fraction of sp³-hybridized carbons (Fsp3) is 0.280. The van der Waals surface area contributed by atoms with Crippen molar-refractivity contribution in [3.05, 3.63) is 76.4 Å². The molecule has 0 aromatic heterocycles. The number of allylic oxidation sites excluding steroid dienone is 3. The maximum Gasteiger partial charge on any atom is 0.205 e. The van der Waals surface area contributed by atoms with E-state index in [-0.39, 0.29) is 23.2 Å². The Labute approximate surface area is 186 Å². The molecule has 1 aliphatic heterocycles. The van der Waals surface area contributed by atoms with Crippen LogP contribution in [0.1, 0.15) is 35.8 Å². The molecular formula is C25H24N2O5. The number of benzene rings is 2. The number of methoxy groups -OCH3 is 3. The Kier molecular flexibility index (Phi) is 5.78. The minimum Gasteiger partial charge on any atom is -0.493 e. The predicted molar refractivity (Wildman–Crippen MR) is 117 cm³/mol. The van der Waals surface area contributed by atoms with Crippen LogP contribution in [-0.2, 0) is 9.53 Å². The number of Topliss-reactive ketones (excluding diaryl/α,β-unsaturated/α-hetero) is 1. The van der Waals surface area contributed by atoms with Gasteiger partial charge in [0.25, 0.3) is 0 Å². The van der Waals surface area contributed by atoms with Gasteiger partial charge in [0.2, 0.25) is 11.6 Å². The molecule has 32 heavy (non-hydrogen) atoms. The fourth-order valence-electron chi connectivity index (χ4n) is 4.47. The van der Waals surface area contributed by atoms with Crippen molar-refractivity contribution in [2.75, 3.05) is 21.3 Å². The van der Waals surface area contributed by atoms with Crippen LogP contribution in [0.5, 0.6) is 17.2 Å². The van der Waals surface area contributed by atoms with Gasteiger partial charge in [-0.05, 0) is 29.2 Å². The van der Waals surface area contributed by atoms with Gasteiger partial charge in [-0.15, -0.1) is 0 Å². The van der Waals surface area contributed by atoms with Crippen LogP contribution in [0, 0.1) is 11.3 Å². The number of carbonyl (C=O) groups is 1. The monoisotopic (exact) mass is 432 g/mol. The number of hydrogen-bond donors (Lipinski definition) is 1. The quantitative estimate of drug-likeness (QED) is 0.764. The lowest BCUT2D eigenvalue weighted by atomic mass is 9.73. The molecule has 0 spiro atoms. The van der Waals surface area contributed by atoms with E-state index in [1.54, 1.807) is 12.1 Å². The number of carbonyl (C=O) groups excluding carboxylic acids is 1. The van der Waals surface area contributed by atoms with Gasteiger partial charge in [-0.3, -0.25) is 4.79 Å². The van der Waals surface area contributed by atoms with Crippen LogP contribution >= 0.6 is 0 Å². The van der Waals surface area contributed by atoms with Crippen LogP contribution in [0.4, 0.5) is 0 Å². The molecule has 0 fully saturated rings. The summed E-state index contributed by atoms with van der Waals surface area (Å²) in [6, 6.07) is 15.5. The molecule has 2 aromatic rings. The smallest absolute Gasteiger partial charge is 0.205 e. The molecular weight excluding hydrogens is 408 g/mol. The Morgan fingerprint density at radius 1 is 1.00 bits per heavy atom. The number of hydrogen-bond acceptors (Lipinski definition) is 7. The number of ketones is 1. The summed E-state index contributed by atoms with van der Waals surface area (Å²) in [6.07, 6.45) is 0.844. The molecule has 7 nitrogen and oxygen atoms in total. The van der Waals surface area contributed by atoms with Crippen LogP contribution in [0.15, 0.2) is 65.3 Å². The molecule has 2 N–H and O–H groups in total. The maximum atomic E-state index is 13.4. The molecule has 0 unspecified atom stereocenters. The number of nitriles is 1. The fourth-order valence-corrected chi connectivity index (χ4v) is 4.47. The van der Waals surface area contributed by atoms with Gasteiger partial charge < -0.3 is 24.7 Å². The molecule has 0 amide bonds. The van der Waals surface area contributed by atoms with Crippen molar-refractivity contribution < 1.29 is 23.7 Å². The summed E-state index contributed by atoms with van der Waals surface area (Å²) in [5, 5.41) is 9.86.